The maximum atomic E-state index is 12.2. The number of nitrogens with one attached hydrogen (secondary N) is 3. The summed E-state index contributed by atoms with van der Waals surface area (Å²) in [6, 6.07) is 7.29. The van der Waals surface area contributed by atoms with Crippen molar-refractivity contribution >= 4 is 39.9 Å². The van der Waals surface area contributed by atoms with Gasteiger partial charge in [-0.3, -0.25) is 9.89 Å². The maximum Gasteiger partial charge on any atom is 0.339 e. The third kappa shape index (κ3) is 2.77. The van der Waals surface area contributed by atoms with Crippen LogP contribution in [0, 0.1) is 0 Å². The minimum Gasteiger partial charge on any atom is -0.462 e. The van der Waals surface area contributed by atoms with Crippen LogP contribution in [0.15, 0.2) is 42.9 Å². The molecule has 1 aliphatic rings. The zero-order valence-corrected chi connectivity index (χ0v) is 13.9. The number of hydrogen-bond acceptors (Lipinski definition) is 6. The van der Waals surface area contributed by atoms with E-state index in [1.807, 2.05) is 18.2 Å². The van der Waals surface area contributed by atoms with Crippen LogP contribution in [0.1, 0.15) is 22.8 Å². The van der Waals surface area contributed by atoms with E-state index in [2.05, 4.69) is 25.8 Å². The molecule has 8 nitrogen and oxygen atoms in total. The summed E-state index contributed by atoms with van der Waals surface area (Å²) in [7, 11) is 0. The van der Waals surface area contributed by atoms with Gasteiger partial charge in [0.1, 0.15) is 5.82 Å². The molecular weight excluding hydrogens is 334 g/mol. The Bertz CT molecular complexity index is 1050. The Hall–Kier alpha value is -3.68. The average Bonchev–Trinajstić information content (AvgIpc) is 3.22. The first-order valence-corrected chi connectivity index (χ1v) is 8.04. The van der Waals surface area contributed by atoms with Crippen molar-refractivity contribution in [3.8, 4) is 0 Å². The summed E-state index contributed by atoms with van der Waals surface area (Å²) in [5, 5.41) is 13.6. The zero-order chi connectivity index (χ0) is 18.1. The molecule has 0 saturated heterocycles. The molecule has 4 rings (SSSR count). The molecule has 0 atom stereocenters. The molecule has 26 heavy (non-hydrogen) atoms. The van der Waals surface area contributed by atoms with Crippen LogP contribution in [0.5, 0.6) is 0 Å². The van der Waals surface area contributed by atoms with Gasteiger partial charge in [0, 0.05) is 29.0 Å². The number of aromatic amines is 1. The third-order valence-corrected chi connectivity index (χ3v) is 3.99. The van der Waals surface area contributed by atoms with Crippen molar-refractivity contribution in [3.05, 3.63) is 54.0 Å². The van der Waals surface area contributed by atoms with E-state index in [-0.39, 0.29) is 12.5 Å². The molecule has 0 bridgehead atoms. The van der Waals surface area contributed by atoms with Gasteiger partial charge in [-0.15, -0.1) is 0 Å². The molecule has 3 heterocycles. The summed E-state index contributed by atoms with van der Waals surface area (Å²) < 4.78 is 4.98. The van der Waals surface area contributed by atoms with Gasteiger partial charge in [-0.05, 0) is 31.2 Å². The monoisotopic (exact) mass is 349 g/mol. The molecule has 0 unspecified atom stereocenters. The number of H-pyrrole nitrogens is 1. The van der Waals surface area contributed by atoms with Gasteiger partial charge in [0.2, 0.25) is 0 Å². The van der Waals surface area contributed by atoms with E-state index >= 15 is 0 Å². The Morgan fingerprint density at radius 2 is 2.19 bits per heavy atom. The highest BCUT2D eigenvalue weighted by molar-refractivity contribution is 6.31. The van der Waals surface area contributed by atoms with Crippen molar-refractivity contribution in [2.45, 2.75) is 6.92 Å². The fourth-order valence-electron chi connectivity index (χ4n) is 2.72. The molecule has 0 aliphatic carbocycles. The van der Waals surface area contributed by atoms with Gasteiger partial charge in [-0.25, -0.2) is 9.78 Å². The Labute approximate surface area is 148 Å². The lowest BCUT2D eigenvalue weighted by atomic mass is 10.1. The summed E-state index contributed by atoms with van der Waals surface area (Å²) in [6.07, 6.45) is 4.72. The van der Waals surface area contributed by atoms with Crippen LogP contribution in [0.2, 0.25) is 0 Å². The lowest BCUT2D eigenvalue weighted by Gasteiger charge is -2.05. The molecule has 0 spiro atoms. The molecule has 1 aliphatic heterocycles. The van der Waals surface area contributed by atoms with Gasteiger partial charge in [0.15, 0.2) is 0 Å². The number of ether oxygens (including phenoxy) is 1. The molecule has 2 aromatic heterocycles. The SMILES string of the molecule is CCOC(=O)c1cnc2c(c1)C(=CNc1ccc3cn[nH]c3c1)C(=O)N2. The molecule has 3 N–H and O–H groups in total. The van der Waals surface area contributed by atoms with Gasteiger partial charge in [0.25, 0.3) is 5.91 Å². The van der Waals surface area contributed by atoms with Crippen molar-refractivity contribution in [2.75, 3.05) is 17.2 Å². The number of esters is 1. The molecular formula is C18H15N5O3. The summed E-state index contributed by atoms with van der Waals surface area (Å²) in [6.45, 7) is 2.00. The average molecular weight is 349 g/mol. The first-order chi connectivity index (χ1) is 12.7. The van der Waals surface area contributed by atoms with Crippen LogP contribution in [-0.2, 0) is 9.53 Å². The van der Waals surface area contributed by atoms with Gasteiger partial charge < -0.3 is 15.4 Å². The highest BCUT2D eigenvalue weighted by atomic mass is 16.5. The van der Waals surface area contributed by atoms with E-state index in [4.69, 9.17) is 4.74 Å². The second kappa shape index (κ2) is 6.32. The largest absolute Gasteiger partial charge is 0.462 e. The Morgan fingerprint density at radius 1 is 1.31 bits per heavy atom. The minimum atomic E-state index is -0.473. The van der Waals surface area contributed by atoms with E-state index in [0.29, 0.717) is 22.5 Å². The van der Waals surface area contributed by atoms with E-state index in [0.717, 1.165) is 16.6 Å². The smallest absolute Gasteiger partial charge is 0.339 e. The summed E-state index contributed by atoms with van der Waals surface area (Å²) in [5.74, 6) is -0.345. The number of fused-ring (bicyclic) bond motifs is 2. The Morgan fingerprint density at radius 3 is 3.04 bits per heavy atom. The fraction of sp³-hybridized carbons (Fsp3) is 0.111. The molecule has 1 amide bonds. The van der Waals surface area contributed by atoms with Gasteiger partial charge in [-0.2, -0.15) is 5.10 Å². The molecule has 0 radical (unpaired) electrons. The first kappa shape index (κ1) is 15.8. The van der Waals surface area contributed by atoms with Gasteiger partial charge >= 0.3 is 5.97 Å². The number of hydrogen-bond donors (Lipinski definition) is 3. The van der Waals surface area contributed by atoms with E-state index in [1.54, 1.807) is 25.4 Å². The summed E-state index contributed by atoms with van der Waals surface area (Å²) in [4.78, 5) is 28.3. The molecule has 0 saturated carbocycles. The Balaban J connectivity index is 1.64. The van der Waals surface area contributed by atoms with E-state index in [1.165, 1.54) is 6.20 Å². The molecule has 1 aromatic carbocycles. The lowest BCUT2D eigenvalue weighted by Crippen LogP contribution is -2.06. The standard InChI is InChI=1S/C18H15N5O3/c1-2-26-18(25)11-5-13-14(17(24)22-16(13)20-7-11)9-19-12-4-3-10-8-21-23-15(10)6-12/h3-9,19H,2H2,1H3,(H,21,23)(H,20,22,24). The molecule has 0 fully saturated rings. The topological polar surface area (TPSA) is 109 Å². The van der Waals surface area contributed by atoms with Crippen molar-refractivity contribution in [1.82, 2.24) is 15.2 Å². The number of anilines is 2. The number of amides is 1. The number of carbonyl (C=O) groups is 2. The highest BCUT2D eigenvalue weighted by Crippen LogP contribution is 2.31. The van der Waals surface area contributed by atoms with Gasteiger partial charge in [-0.1, -0.05) is 0 Å². The van der Waals surface area contributed by atoms with Crippen LogP contribution < -0.4 is 10.6 Å². The molecule has 3 aromatic rings. The number of carbonyl (C=O) groups excluding carboxylic acids is 2. The number of pyridine rings is 1. The maximum absolute atomic E-state index is 12.2. The number of nitrogens with zero attached hydrogens (tertiary/aromatic N) is 2. The number of aromatic nitrogens is 3. The second-order valence-corrected chi connectivity index (χ2v) is 5.67. The van der Waals surface area contributed by atoms with Crippen LogP contribution in [0.4, 0.5) is 11.5 Å². The number of benzene rings is 1. The van der Waals surface area contributed by atoms with E-state index < -0.39 is 5.97 Å². The van der Waals surface area contributed by atoms with Crippen LogP contribution in [-0.4, -0.2) is 33.7 Å². The fourth-order valence-corrected chi connectivity index (χ4v) is 2.72. The van der Waals surface area contributed by atoms with Crippen LogP contribution >= 0.6 is 0 Å². The molecule has 8 heteroatoms. The van der Waals surface area contributed by atoms with Crippen molar-refractivity contribution in [1.29, 1.82) is 0 Å². The summed E-state index contributed by atoms with van der Waals surface area (Å²) in [5.41, 5.74) is 2.92. The predicted octanol–water partition coefficient (Wildman–Crippen LogP) is 2.54. The quantitative estimate of drug-likeness (QED) is 0.493. The van der Waals surface area contributed by atoms with Gasteiger partial charge in [0.05, 0.1) is 29.5 Å². The van der Waals surface area contributed by atoms with Crippen LogP contribution in [0.3, 0.4) is 0 Å². The van der Waals surface area contributed by atoms with Crippen molar-refractivity contribution in [2.24, 2.45) is 0 Å². The number of rotatable bonds is 4. The zero-order valence-electron chi connectivity index (χ0n) is 13.9. The molecule has 130 valence electrons. The lowest BCUT2D eigenvalue weighted by molar-refractivity contribution is -0.110. The summed E-state index contributed by atoms with van der Waals surface area (Å²) >= 11 is 0. The highest BCUT2D eigenvalue weighted by Gasteiger charge is 2.26. The predicted molar refractivity (Wildman–Crippen MR) is 96.5 cm³/mol. The van der Waals surface area contributed by atoms with Crippen LogP contribution in [0.25, 0.3) is 16.5 Å². The third-order valence-electron chi connectivity index (χ3n) is 3.99. The van der Waals surface area contributed by atoms with E-state index in [9.17, 15) is 9.59 Å². The minimum absolute atomic E-state index is 0.271. The van der Waals surface area contributed by atoms with Crippen molar-refractivity contribution < 1.29 is 14.3 Å². The first-order valence-electron chi connectivity index (χ1n) is 8.04. The second-order valence-electron chi connectivity index (χ2n) is 5.67. The van der Waals surface area contributed by atoms with Crippen molar-refractivity contribution in [3.63, 3.8) is 0 Å². The Kier molecular flexibility index (Phi) is 3.85. The normalized spacial score (nSPS) is 14.3.